The maximum absolute atomic E-state index is 13.4. The minimum Gasteiger partial charge on any atom is -0.480 e. The van der Waals surface area contributed by atoms with Gasteiger partial charge < -0.3 is 20.1 Å². The van der Waals surface area contributed by atoms with E-state index in [0.29, 0.717) is 5.56 Å². The number of nitrogens with zero attached hydrogens (tertiary/aromatic N) is 1. The van der Waals surface area contributed by atoms with E-state index in [-0.39, 0.29) is 31.2 Å². The molecule has 39 heavy (non-hydrogen) atoms. The Balaban J connectivity index is 1.49. The quantitative estimate of drug-likeness (QED) is 0.374. The van der Waals surface area contributed by atoms with Gasteiger partial charge in [0.05, 0.1) is 5.75 Å². The highest BCUT2D eigenvalue weighted by Crippen LogP contribution is 2.44. The highest BCUT2D eigenvalue weighted by molar-refractivity contribution is 7.90. The van der Waals surface area contributed by atoms with Gasteiger partial charge in [-0.15, -0.1) is 0 Å². The molecule has 0 aromatic heterocycles. The number of fused-ring (bicyclic) bond motifs is 3. The Morgan fingerprint density at radius 1 is 0.923 bits per heavy atom. The van der Waals surface area contributed by atoms with Gasteiger partial charge >= 0.3 is 12.1 Å². The molecule has 1 unspecified atom stereocenters. The van der Waals surface area contributed by atoms with Gasteiger partial charge in [0.2, 0.25) is 5.91 Å². The van der Waals surface area contributed by atoms with Crippen LogP contribution in [0.3, 0.4) is 0 Å². The molecule has 0 radical (unpaired) electrons. The van der Waals surface area contributed by atoms with Gasteiger partial charge in [0.15, 0.2) is 0 Å². The van der Waals surface area contributed by atoms with Gasteiger partial charge in [0.25, 0.3) is 0 Å². The topological polar surface area (TPSA) is 130 Å². The number of amides is 2. The van der Waals surface area contributed by atoms with Crippen LogP contribution in [0.5, 0.6) is 0 Å². The van der Waals surface area contributed by atoms with Crippen molar-refractivity contribution in [3.8, 4) is 11.1 Å². The van der Waals surface area contributed by atoms with Crippen LogP contribution in [0.4, 0.5) is 4.79 Å². The first kappa shape index (κ1) is 27.8. The Labute approximate surface area is 227 Å². The molecule has 0 spiro atoms. The summed E-state index contributed by atoms with van der Waals surface area (Å²) < 4.78 is 29.3. The van der Waals surface area contributed by atoms with Crippen LogP contribution in [0.15, 0.2) is 78.9 Å². The largest absolute Gasteiger partial charge is 0.480 e. The van der Waals surface area contributed by atoms with Crippen molar-refractivity contribution in [1.82, 2.24) is 10.2 Å². The lowest BCUT2D eigenvalue weighted by Gasteiger charge is -2.27. The van der Waals surface area contributed by atoms with Crippen LogP contribution in [0.25, 0.3) is 11.1 Å². The molecule has 3 aromatic carbocycles. The first-order chi connectivity index (χ1) is 18.6. The molecule has 2 N–H and O–H groups in total. The minimum absolute atomic E-state index is 0.00963. The predicted octanol–water partition coefficient (Wildman–Crippen LogP) is 3.44. The normalized spacial score (nSPS) is 13.2. The minimum atomic E-state index is -3.47. The summed E-state index contributed by atoms with van der Waals surface area (Å²) in [6, 6.07) is 23.2. The number of rotatable bonds is 11. The second-order valence-corrected chi connectivity index (χ2v) is 11.8. The molecule has 0 heterocycles. The van der Waals surface area contributed by atoms with Crippen molar-refractivity contribution in [2.75, 3.05) is 25.2 Å². The van der Waals surface area contributed by atoms with E-state index in [1.165, 1.54) is 0 Å². The summed E-state index contributed by atoms with van der Waals surface area (Å²) >= 11 is 0. The first-order valence-corrected chi connectivity index (χ1v) is 14.5. The van der Waals surface area contributed by atoms with E-state index in [1.54, 1.807) is 30.3 Å². The molecule has 0 saturated carbocycles. The number of alkyl carbamates (subject to hydrolysis) is 1. The highest BCUT2D eigenvalue weighted by Gasteiger charge is 2.31. The summed E-state index contributed by atoms with van der Waals surface area (Å²) in [5.41, 5.74) is 4.86. The SMILES string of the molecule is CS(=O)(=O)CCC(NC(=O)OCC1c2ccccc2-c2ccccc21)C(=O)N(CC(=O)O)Cc1ccccc1. The summed E-state index contributed by atoms with van der Waals surface area (Å²) in [5.74, 6) is -2.52. The summed E-state index contributed by atoms with van der Waals surface area (Å²) in [5, 5.41) is 11.9. The van der Waals surface area contributed by atoms with Gasteiger partial charge in [0, 0.05) is 18.7 Å². The van der Waals surface area contributed by atoms with E-state index in [1.807, 2.05) is 48.5 Å². The van der Waals surface area contributed by atoms with Gasteiger partial charge in [-0.25, -0.2) is 13.2 Å². The van der Waals surface area contributed by atoms with Crippen molar-refractivity contribution in [2.24, 2.45) is 0 Å². The predicted molar refractivity (Wildman–Crippen MR) is 146 cm³/mol. The molecule has 10 heteroatoms. The van der Waals surface area contributed by atoms with Crippen LogP contribution in [0.2, 0.25) is 0 Å². The third-order valence-corrected chi connectivity index (χ3v) is 7.54. The Hall–Kier alpha value is -4.18. The first-order valence-electron chi connectivity index (χ1n) is 12.5. The molecule has 2 amide bonds. The third kappa shape index (κ3) is 7.23. The average molecular weight is 551 g/mol. The van der Waals surface area contributed by atoms with Crippen LogP contribution < -0.4 is 5.32 Å². The van der Waals surface area contributed by atoms with Crippen molar-refractivity contribution >= 4 is 27.8 Å². The number of carboxylic acid groups (broad SMARTS) is 1. The molecule has 0 aliphatic heterocycles. The number of nitrogens with one attached hydrogen (secondary N) is 1. The van der Waals surface area contributed by atoms with Crippen LogP contribution in [0, 0.1) is 0 Å². The maximum Gasteiger partial charge on any atom is 0.407 e. The van der Waals surface area contributed by atoms with E-state index < -0.39 is 40.4 Å². The molecular formula is C29H30N2O7S. The van der Waals surface area contributed by atoms with Gasteiger partial charge in [-0.2, -0.15) is 0 Å². The Kier molecular flexibility index (Phi) is 8.65. The van der Waals surface area contributed by atoms with E-state index in [0.717, 1.165) is 33.4 Å². The lowest BCUT2D eigenvalue weighted by Crippen LogP contribution is -2.50. The van der Waals surface area contributed by atoms with Crippen molar-refractivity contribution in [2.45, 2.75) is 24.9 Å². The van der Waals surface area contributed by atoms with Gasteiger partial charge in [-0.3, -0.25) is 9.59 Å². The van der Waals surface area contributed by atoms with Crippen LogP contribution in [-0.2, 0) is 30.7 Å². The van der Waals surface area contributed by atoms with Gasteiger partial charge in [-0.1, -0.05) is 78.9 Å². The molecule has 204 valence electrons. The number of carbonyl (C=O) groups is 3. The zero-order chi connectivity index (χ0) is 28.0. The molecule has 0 bridgehead atoms. The lowest BCUT2D eigenvalue weighted by atomic mass is 9.98. The number of carboxylic acids is 1. The average Bonchev–Trinajstić information content (AvgIpc) is 3.22. The lowest BCUT2D eigenvalue weighted by molar-refractivity contribution is -0.145. The summed E-state index contributed by atoms with van der Waals surface area (Å²) in [7, 11) is -3.47. The van der Waals surface area contributed by atoms with E-state index in [2.05, 4.69) is 5.32 Å². The molecule has 1 aliphatic carbocycles. The standard InChI is InChI=1S/C29H30N2O7S/c1-39(36,37)16-15-26(28(34)31(18-27(32)33)17-20-9-3-2-4-10-20)30-29(35)38-19-25-23-13-7-5-11-21(23)22-12-6-8-14-24(22)25/h2-14,25-26H,15-19H2,1H3,(H,30,35)(H,32,33). The Bertz CT molecular complexity index is 1410. The van der Waals surface area contributed by atoms with E-state index in [9.17, 15) is 27.9 Å². The molecule has 1 aliphatic rings. The third-order valence-electron chi connectivity index (χ3n) is 6.57. The fourth-order valence-corrected chi connectivity index (χ4v) is 5.43. The number of hydrogen-bond acceptors (Lipinski definition) is 6. The van der Waals surface area contributed by atoms with Crippen molar-refractivity contribution in [1.29, 1.82) is 0 Å². The Morgan fingerprint density at radius 2 is 1.49 bits per heavy atom. The molecule has 4 rings (SSSR count). The van der Waals surface area contributed by atoms with Crippen LogP contribution in [-0.4, -0.2) is 67.6 Å². The number of sulfone groups is 1. The van der Waals surface area contributed by atoms with Crippen molar-refractivity contribution in [3.05, 3.63) is 95.6 Å². The van der Waals surface area contributed by atoms with Crippen LogP contribution in [0.1, 0.15) is 29.0 Å². The zero-order valence-corrected chi connectivity index (χ0v) is 22.3. The number of hydrogen-bond donors (Lipinski definition) is 2. The second-order valence-electron chi connectivity index (χ2n) is 9.51. The second kappa shape index (κ2) is 12.1. The summed E-state index contributed by atoms with van der Waals surface area (Å²) in [6.45, 7) is -0.626. The highest BCUT2D eigenvalue weighted by atomic mass is 32.2. The molecule has 3 aromatic rings. The maximum atomic E-state index is 13.4. The zero-order valence-electron chi connectivity index (χ0n) is 21.4. The van der Waals surface area contributed by atoms with Gasteiger partial charge in [-0.05, 0) is 34.2 Å². The Morgan fingerprint density at radius 3 is 2.05 bits per heavy atom. The summed E-state index contributed by atoms with van der Waals surface area (Å²) in [4.78, 5) is 38.9. The number of aliphatic carboxylic acids is 1. The molecule has 0 fully saturated rings. The number of carbonyl (C=O) groups excluding carboxylic acids is 2. The summed E-state index contributed by atoms with van der Waals surface area (Å²) in [6.07, 6.45) is -0.0909. The van der Waals surface area contributed by atoms with E-state index in [4.69, 9.17) is 4.74 Å². The molecular weight excluding hydrogens is 520 g/mol. The number of ether oxygens (including phenoxy) is 1. The number of benzene rings is 3. The molecule has 9 nitrogen and oxygen atoms in total. The van der Waals surface area contributed by atoms with Crippen LogP contribution >= 0.6 is 0 Å². The molecule has 1 atom stereocenters. The fraction of sp³-hybridized carbons (Fsp3) is 0.276. The van der Waals surface area contributed by atoms with Crippen molar-refractivity contribution < 1.29 is 32.6 Å². The van der Waals surface area contributed by atoms with Crippen molar-refractivity contribution in [3.63, 3.8) is 0 Å². The van der Waals surface area contributed by atoms with Gasteiger partial charge in [0.1, 0.15) is 29.0 Å². The monoisotopic (exact) mass is 550 g/mol. The fourth-order valence-electron chi connectivity index (χ4n) is 4.77. The van der Waals surface area contributed by atoms with E-state index >= 15 is 0 Å². The molecule has 0 saturated heterocycles. The smallest absolute Gasteiger partial charge is 0.407 e.